The van der Waals surface area contributed by atoms with Crippen molar-refractivity contribution in [2.45, 2.75) is 51.2 Å². The predicted octanol–water partition coefficient (Wildman–Crippen LogP) is 3.96. The van der Waals surface area contributed by atoms with Gasteiger partial charge in [0.2, 0.25) is 0 Å². The summed E-state index contributed by atoms with van der Waals surface area (Å²) in [6, 6.07) is 13.8. The Morgan fingerprint density at radius 3 is 2.16 bits per heavy atom. The summed E-state index contributed by atoms with van der Waals surface area (Å²) in [5.41, 5.74) is 0.907. The van der Waals surface area contributed by atoms with E-state index in [-0.39, 0.29) is 11.3 Å². The molecule has 2 heterocycles. The van der Waals surface area contributed by atoms with Gasteiger partial charge in [-0.15, -0.1) is 0 Å². The van der Waals surface area contributed by atoms with Crippen LogP contribution in [-0.2, 0) is 35.5 Å². The predicted molar refractivity (Wildman–Crippen MR) is 118 cm³/mol. The number of esters is 2. The normalized spacial score (nSPS) is 17.8. The van der Waals surface area contributed by atoms with Gasteiger partial charge in [-0.2, -0.15) is 0 Å². The lowest BCUT2D eigenvalue weighted by Crippen LogP contribution is -2.52. The fourth-order valence-electron chi connectivity index (χ4n) is 3.82. The highest BCUT2D eigenvalue weighted by Crippen LogP contribution is 2.36. The third kappa shape index (κ3) is 3.68. The minimum atomic E-state index is -3.77. The summed E-state index contributed by atoms with van der Waals surface area (Å²) < 4.78 is 38.2. The van der Waals surface area contributed by atoms with Crippen molar-refractivity contribution < 1.29 is 27.5 Å². The SMILES string of the molecule is Cc1ccc(S(=O)(=O)n2ccc3c(CCC4(C)C(=O)OC(C)(C)OC4=O)cccc32)cc1. The number of hydrogen-bond acceptors (Lipinski definition) is 6. The number of carbonyl (C=O) groups excluding carboxylic acids is 2. The minimum absolute atomic E-state index is 0.176. The third-order valence-corrected chi connectivity index (χ3v) is 7.54. The molecule has 3 aromatic rings. The highest BCUT2D eigenvalue weighted by atomic mass is 32.2. The van der Waals surface area contributed by atoms with Crippen LogP contribution in [0.4, 0.5) is 0 Å². The van der Waals surface area contributed by atoms with Gasteiger partial charge in [0.1, 0.15) is 0 Å². The van der Waals surface area contributed by atoms with E-state index in [0.29, 0.717) is 11.9 Å². The van der Waals surface area contributed by atoms with Crippen LogP contribution in [0.5, 0.6) is 0 Å². The van der Waals surface area contributed by atoms with Crippen LogP contribution >= 0.6 is 0 Å². The van der Waals surface area contributed by atoms with E-state index in [1.165, 1.54) is 30.9 Å². The molecule has 8 heteroatoms. The number of aryl methyl sites for hydroxylation is 2. The Hall–Kier alpha value is -3.13. The van der Waals surface area contributed by atoms with Crippen LogP contribution in [0.3, 0.4) is 0 Å². The molecule has 1 fully saturated rings. The number of rotatable bonds is 5. The summed E-state index contributed by atoms with van der Waals surface area (Å²) in [6.07, 6.45) is 2.07. The quantitative estimate of drug-likeness (QED) is 0.427. The average Bonchev–Trinajstić information content (AvgIpc) is 3.16. The molecule has 0 amide bonds. The lowest BCUT2D eigenvalue weighted by Gasteiger charge is -2.38. The Balaban J connectivity index is 1.65. The van der Waals surface area contributed by atoms with Gasteiger partial charge in [-0.3, -0.25) is 9.59 Å². The first-order chi connectivity index (χ1) is 14.9. The molecule has 0 atom stereocenters. The largest absolute Gasteiger partial charge is 0.422 e. The van der Waals surface area contributed by atoms with Gasteiger partial charge in [0.15, 0.2) is 5.41 Å². The molecule has 4 rings (SSSR count). The molecular formula is C24H25NO6S. The maximum Gasteiger partial charge on any atom is 0.326 e. The number of carbonyl (C=O) groups is 2. The monoisotopic (exact) mass is 455 g/mol. The number of fused-ring (bicyclic) bond motifs is 1. The van der Waals surface area contributed by atoms with Gasteiger partial charge in [-0.1, -0.05) is 29.8 Å². The standard InChI is InChI=1S/C24H25NO6S/c1-16-8-10-18(11-9-16)32(28,29)25-15-13-19-17(6-5-7-20(19)25)12-14-24(4)21(26)30-23(2,3)31-22(24)27/h5-11,13,15H,12,14H2,1-4H3. The lowest BCUT2D eigenvalue weighted by atomic mass is 9.83. The smallest absolute Gasteiger partial charge is 0.326 e. The van der Waals surface area contributed by atoms with E-state index >= 15 is 0 Å². The van der Waals surface area contributed by atoms with Gasteiger partial charge in [0, 0.05) is 25.4 Å². The van der Waals surface area contributed by atoms with E-state index in [1.807, 2.05) is 13.0 Å². The summed E-state index contributed by atoms with van der Waals surface area (Å²) in [6.45, 7) is 6.44. The first-order valence-corrected chi connectivity index (χ1v) is 11.8. The van der Waals surface area contributed by atoms with Crippen LogP contribution in [0.25, 0.3) is 10.9 Å². The van der Waals surface area contributed by atoms with Gasteiger partial charge in [-0.05, 0) is 56.5 Å². The van der Waals surface area contributed by atoms with Gasteiger partial charge in [0.25, 0.3) is 15.8 Å². The second kappa shape index (κ2) is 7.48. The summed E-state index contributed by atoms with van der Waals surface area (Å²) in [4.78, 5) is 25.3. The maximum absolute atomic E-state index is 13.2. The highest BCUT2D eigenvalue weighted by molar-refractivity contribution is 7.90. The topological polar surface area (TPSA) is 91.7 Å². The van der Waals surface area contributed by atoms with E-state index in [1.54, 1.807) is 42.5 Å². The molecular weight excluding hydrogens is 430 g/mol. The number of cyclic esters (lactones) is 2. The summed E-state index contributed by atoms with van der Waals surface area (Å²) >= 11 is 0. The molecule has 0 spiro atoms. The van der Waals surface area contributed by atoms with Crippen LogP contribution in [-0.4, -0.2) is 30.1 Å². The number of nitrogens with zero attached hydrogens (tertiary/aromatic N) is 1. The average molecular weight is 456 g/mol. The van der Waals surface area contributed by atoms with Gasteiger partial charge < -0.3 is 9.47 Å². The summed E-state index contributed by atoms with van der Waals surface area (Å²) in [5.74, 6) is -2.52. The van der Waals surface area contributed by atoms with E-state index in [9.17, 15) is 18.0 Å². The maximum atomic E-state index is 13.2. The number of aromatic nitrogens is 1. The Morgan fingerprint density at radius 1 is 0.906 bits per heavy atom. The molecule has 0 saturated carbocycles. The molecule has 2 aromatic carbocycles. The Kier molecular flexibility index (Phi) is 5.16. The lowest BCUT2D eigenvalue weighted by molar-refractivity contribution is -0.250. The summed E-state index contributed by atoms with van der Waals surface area (Å²) in [5, 5.41) is 0.740. The van der Waals surface area contributed by atoms with Crippen molar-refractivity contribution in [3.8, 4) is 0 Å². The zero-order chi connectivity index (χ0) is 23.3. The number of hydrogen-bond donors (Lipinski definition) is 0. The summed E-state index contributed by atoms with van der Waals surface area (Å²) in [7, 11) is -3.77. The van der Waals surface area contributed by atoms with Crippen molar-refractivity contribution in [2.75, 3.05) is 0 Å². The molecule has 1 aliphatic heterocycles. The van der Waals surface area contributed by atoms with Crippen LogP contribution in [0.1, 0.15) is 38.3 Å². The van der Waals surface area contributed by atoms with Crippen molar-refractivity contribution in [3.05, 3.63) is 65.9 Å². The molecule has 0 radical (unpaired) electrons. The molecule has 1 aliphatic rings. The minimum Gasteiger partial charge on any atom is -0.422 e. The van der Waals surface area contributed by atoms with Crippen LogP contribution in [0.15, 0.2) is 59.6 Å². The van der Waals surface area contributed by atoms with E-state index in [2.05, 4.69) is 0 Å². The van der Waals surface area contributed by atoms with Crippen LogP contribution in [0, 0.1) is 12.3 Å². The van der Waals surface area contributed by atoms with Crippen molar-refractivity contribution in [1.29, 1.82) is 0 Å². The number of ether oxygens (including phenoxy) is 2. The van der Waals surface area contributed by atoms with Gasteiger partial charge in [-0.25, -0.2) is 12.4 Å². The molecule has 0 N–H and O–H groups in total. The van der Waals surface area contributed by atoms with E-state index < -0.39 is 33.2 Å². The highest BCUT2D eigenvalue weighted by Gasteiger charge is 2.52. The van der Waals surface area contributed by atoms with Crippen LogP contribution < -0.4 is 0 Å². The van der Waals surface area contributed by atoms with Crippen molar-refractivity contribution >= 4 is 32.9 Å². The fourth-order valence-corrected chi connectivity index (χ4v) is 5.17. The van der Waals surface area contributed by atoms with E-state index in [0.717, 1.165) is 16.5 Å². The fraction of sp³-hybridized carbons (Fsp3) is 0.333. The van der Waals surface area contributed by atoms with E-state index in [4.69, 9.17) is 9.47 Å². The molecule has 1 aromatic heterocycles. The first-order valence-electron chi connectivity index (χ1n) is 10.3. The Bertz CT molecular complexity index is 1300. The second-order valence-corrected chi connectivity index (χ2v) is 10.6. The molecule has 1 saturated heterocycles. The molecule has 168 valence electrons. The third-order valence-electron chi connectivity index (χ3n) is 5.84. The zero-order valence-electron chi connectivity index (χ0n) is 18.4. The van der Waals surface area contributed by atoms with Gasteiger partial charge in [0.05, 0.1) is 10.4 Å². The second-order valence-electron chi connectivity index (χ2n) is 8.79. The molecule has 7 nitrogen and oxygen atoms in total. The molecule has 0 aliphatic carbocycles. The zero-order valence-corrected chi connectivity index (χ0v) is 19.2. The van der Waals surface area contributed by atoms with Gasteiger partial charge >= 0.3 is 11.9 Å². The van der Waals surface area contributed by atoms with Crippen LogP contribution in [0.2, 0.25) is 0 Å². The number of benzene rings is 2. The Morgan fingerprint density at radius 2 is 1.53 bits per heavy atom. The van der Waals surface area contributed by atoms with Crippen molar-refractivity contribution in [1.82, 2.24) is 3.97 Å². The molecule has 32 heavy (non-hydrogen) atoms. The first kappa shape index (κ1) is 22.1. The molecule has 0 bridgehead atoms. The molecule has 0 unspecified atom stereocenters. The van der Waals surface area contributed by atoms with Crippen molar-refractivity contribution in [3.63, 3.8) is 0 Å². The Labute approximate surface area is 187 Å². The van der Waals surface area contributed by atoms with Crippen molar-refractivity contribution in [2.24, 2.45) is 5.41 Å².